The number of halogens is 1. The molecule has 0 fully saturated rings. The lowest BCUT2D eigenvalue weighted by Crippen LogP contribution is -2.01. The van der Waals surface area contributed by atoms with E-state index in [9.17, 15) is 0 Å². The lowest BCUT2D eigenvalue weighted by Gasteiger charge is -2.03. The summed E-state index contributed by atoms with van der Waals surface area (Å²) in [4.78, 5) is 7.99. The maximum Gasteiger partial charge on any atom is 0.224 e. The van der Waals surface area contributed by atoms with Gasteiger partial charge in [-0.25, -0.2) is 4.98 Å². The van der Waals surface area contributed by atoms with Crippen molar-refractivity contribution in [2.24, 2.45) is 0 Å². The van der Waals surface area contributed by atoms with Crippen LogP contribution in [0.1, 0.15) is 0 Å². The predicted molar refractivity (Wildman–Crippen MR) is 53.8 cm³/mol. The Morgan fingerprint density at radius 2 is 2.43 bits per heavy atom. The Morgan fingerprint density at radius 1 is 1.57 bits per heavy atom. The lowest BCUT2D eigenvalue weighted by atomic mass is 10.4. The molecule has 2 rings (SSSR count). The summed E-state index contributed by atoms with van der Waals surface area (Å²) in [6.45, 7) is 4.45. The fraction of sp³-hybridized carbons (Fsp3) is 0.222. The summed E-state index contributed by atoms with van der Waals surface area (Å²) in [5.74, 6) is 0. The first kappa shape index (κ1) is 9.43. The van der Waals surface area contributed by atoms with Crippen molar-refractivity contribution in [1.29, 1.82) is 0 Å². The van der Waals surface area contributed by atoms with Gasteiger partial charge in [0.1, 0.15) is 12.4 Å². The number of aromatic nitrogens is 3. The van der Waals surface area contributed by atoms with Gasteiger partial charge in [0.25, 0.3) is 0 Å². The van der Waals surface area contributed by atoms with E-state index in [1.807, 2.05) is 16.8 Å². The van der Waals surface area contributed by atoms with Gasteiger partial charge in [0.2, 0.25) is 5.28 Å². The van der Waals surface area contributed by atoms with E-state index in [4.69, 9.17) is 16.3 Å². The molecule has 0 aliphatic rings. The third kappa shape index (κ3) is 1.71. The summed E-state index contributed by atoms with van der Waals surface area (Å²) in [5.41, 5.74) is 0.776. The van der Waals surface area contributed by atoms with Gasteiger partial charge < -0.3 is 9.30 Å². The highest BCUT2D eigenvalue weighted by atomic mass is 35.5. The quantitative estimate of drug-likeness (QED) is 0.727. The second-order valence-electron chi connectivity index (χ2n) is 2.74. The Hall–Kier alpha value is -1.13. The number of rotatable bonds is 3. The Balaban J connectivity index is 2.40. The molecule has 2 aromatic rings. The highest BCUT2D eigenvalue weighted by molar-refractivity contribution is 6.28. The number of ether oxygens (including phenoxy) is 1. The van der Waals surface area contributed by atoms with Crippen molar-refractivity contribution in [3.05, 3.63) is 30.7 Å². The molecule has 0 aliphatic carbocycles. The summed E-state index contributed by atoms with van der Waals surface area (Å²) in [5, 5.41) is 1.19. The zero-order valence-electron chi connectivity index (χ0n) is 7.48. The monoisotopic (exact) mass is 210 g/mol. The van der Waals surface area contributed by atoms with E-state index in [2.05, 4.69) is 16.9 Å². The van der Waals surface area contributed by atoms with E-state index in [1.54, 1.807) is 6.20 Å². The summed E-state index contributed by atoms with van der Waals surface area (Å²) in [6.07, 6.45) is 3.57. The average molecular weight is 211 g/mol. The largest absolute Gasteiger partial charge is 0.361 e. The zero-order valence-corrected chi connectivity index (χ0v) is 8.24. The normalized spacial score (nSPS) is 11.0. The minimum atomic E-state index is 0.243. The summed E-state index contributed by atoms with van der Waals surface area (Å²) < 4.78 is 7.03. The van der Waals surface area contributed by atoms with Crippen LogP contribution in [0.2, 0.25) is 5.28 Å². The molecular formula is C9H9ClN3O. The molecule has 0 saturated heterocycles. The molecule has 4 nitrogen and oxygen atoms in total. The van der Waals surface area contributed by atoms with E-state index >= 15 is 0 Å². The molecular weight excluding hydrogens is 202 g/mol. The van der Waals surface area contributed by atoms with Gasteiger partial charge in [-0.1, -0.05) is 0 Å². The van der Waals surface area contributed by atoms with Crippen molar-refractivity contribution in [3.8, 4) is 0 Å². The number of hydrogen-bond acceptors (Lipinski definition) is 3. The molecule has 2 aromatic heterocycles. The first-order valence-electron chi connectivity index (χ1n) is 4.15. The molecule has 0 unspecified atom stereocenters. The van der Waals surface area contributed by atoms with E-state index in [-0.39, 0.29) is 5.28 Å². The Labute approximate surface area is 86.5 Å². The van der Waals surface area contributed by atoms with Gasteiger partial charge in [0, 0.05) is 24.4 Å². The number of fused-ring (bicyclic) bond motifs is 1. The number of hydrogen-bond donors (Lipinski definition) is 0. The first-order chi connectivity index (χ1) is 6.81. The van der Waals surface area contributed by atoms with Crippen LogP contribution < -0.4 is 0 Å². The van der Waals surface area contributed by atoms with Crippen LogP contribution in [-0.4, -0.2) is 21.1 Å². The van der Waals surface area contributed by atoms with Crippen LogP contribution in [-0.2, 0) is 11.5 Å². The smallest absolute Gasteiger partial charge is 0.224 e. The van der Waals surface area contributed by atoms with Gasteiger partial charge in [-0.15, -0.1) is 0 Å². The zero-order chi connectivity index (χ0) is 9.97. The molecule has 1 radical (unpaired) electrons. The van der Waals surface area contributed by atoms with E-state index < -0.39 is 0 Å². The van der Waals surface area contributed by atoms with Crippen molar-refractivity contribution < 1.29 is 4.74 Å². The van der Waals surface area contributed by atoms with Crippen LogP contribution in [0.15, 0.2) is 18.5 Å². The minimum Gasteiger partial charge on any atom is -0.361 e. The lowest BCUT2D eigenvalue weighted by molar-refractivity contribution is 0.102. The highest BCUT2D eigenvalue weighted by Crippen LogP contribution is 2.14. The average Bonchev–Trinajstić information content (AvgIpc) is 2.57. The van der Waals surface area contributed by atoms with Crippen molar-refractivity contribution in [1.82, 2.24) is 14.5 Å². The third-order valence-corrected chi connectivity index (χ3v) is 2.03. The van der Waals surface area contributed by atoms with Crippen LogP contribution in [0, 0.1) is 6.92 Å². The molecule has 0 aliphatic heterocycles. The molecule has 0 saturated carbocycles. The summed E-state index contributed by atoms with van der Waals surface area (Å²) in [6, 6.07) is 1.91. The van der Waals surface area contributed by atoms with Crippen LogP contribution >= 0.6 is 11.6 Å². The Kier molecular flexibility index (Phi) is 2.65. The topological polar surface area (TPSA) is 39.9 Å². The first-order valence-corrected chi connectivity index (χ1v) is 4.53. The molecule has 0 aromatic carbocycles. The molecule has 73 valence electrons. The Morgan fingerprint density at radius 3 is 3.21 bits per heavy atom. The Bertz CT molecular complexity index is 441. The molecule has 0 N–H and O–H groups in total. The van der Waals surface area contributed by atoms with Crippen molar-refractivity contribution >= 4 is 22.6 Å². The second kappa shape index (κ2) is 3.94. The van der Waals surface area contributed by atoms with Gasteiger partial charge in [-0.05, 0) is 24.6 Å². The van der Waals surface area contributed by atoms with Crippen molar-refractivity contribution in [2.45, 2.75) is 6.73 Å². The van der Waals surface area contributed by atoms with E-state index in [0.29, 0.717) is 13.3 Å². The van der Waals surface area contributed by atoms with Gasteiger partial charge in [0.05, 0.1) is 0 Å². The summed E-state index contributed by atoms with van der Waals surface area (Å²) >= 11 is 5.69. The SMILES string of the molecule is [CH2]COCn1ccc2cnc(Cl)nc21. The van der Waals surface area contributed by atoms with Gasteiger partial charge in [-0.2, -0.15) is 4.98 Å². The van der Waals surface area contributed by atoms with Gasteiger partial charge in [0.15, 0.2) is 0 Å². The standard InChI is InChI=1S/C9H9ClN3O/c1-2-14-6-13-4-3-7-5-11-9(10)12-8(7)13/h3-5H,1-2,6H2. The van der Waals surface area contributed by atoms with Crippen LogP contribution in [0.3, 0.4) is 0 Å². The van der Waals surface area contributed by atoms with Gasteiger partial charge in [-0.3, -0.25) is 0 Å². The fourth-order valence-electron chi connectivity index (χ4n) is 1.22. The molecule has 0 amide bonds. The maximum absolute atomic E-state index is 5.69. The second-order valence-corrected chi connectivity index (χ2v) is 3.08. The van der Waals surface area contributed by atoms with Crippen molar-refractivity contribution in [2.75, 3.05) is 6.61 Å². The molecule has 5 heteroatoms. The van der Waals surface area contributed by atoms with Crippen LogP contribution in [0.4, 0.5) is 0 Å². The molecule has 14 heavy (non-hydrogen) atoms. The number of nitrogens with zero attached hydrogens (tertiary/aromatic N) is 3. The van der Waals surface area contributed by atoms with E-state index in [0.717, 1.165) is 11.0 Å². The third-order valence-electron chi connectivity index (χ3n) is 1.85. The molecule has 2 heterocycles. The fourth-order valence-corrected chi connectivity index (χ4v) is 1.35. The maximum atomic E-state index is 5.69. The predicted octanol–water partition coefficient (Wildman–Crippen LogP) is 1.89. The van der Waals surface area contributed by atoms with Gasteiger partial charge >= 0.3 is 0 Å². The molecule has 0 atom stereocenters. The van der Waals surface area contributed by atoms with Crippen LogP contribution in [0.25, 0.3) is 11.0 Å². The highest BCUT2D eigenvalue weighted by Gasteiger charge is 2.03. The van der Waals surface area contributed by atoms with E-state index in [1.165, 1.54) is 0 Å². The molecule has 0 spiro atoms. The molecule has 0 bridgehead atoms. The minimum absolute atomic E-state index is 0.243. The summed E-state index contributed by atoms with van der Waals surface area (Å²) in [7, 11) is 0. The van der Waals surface area contributed by atoms with Crippen molar-refractivity contribution in [3.63, 3.8) is 0 Å². The van der Waals surface area contributed by atoms with Crippen LogP contribution in [0.5, 0.6) is 0 Å².